The number of amides is 2. The minimum absolute atomic E-state index is 0.0236. The summed E-state index contributed by atoms with van der Waals surface area (Å²) < 4.78 is 0. The molecule has 0 aliphatic carbocycles. The van der Waals surface area contributed by atoms with Crippen molar-refractivity contribution in [3.05, 3.63) is 28.2 Å². The SMILES string of the molecule is CCC1NC(=O)C(C(C)C)N(c2cc(Cl)cc(Cl)c2)C1=O. The van der Waals surface area contributed by atoms with E-state index < -0.39 is 12.1 Å². The molecule has 1 aromatic carbocycles. The topological polar surface area (TPSA) is 49.4 Å². The molecule has 2 amide bonds. The van der Waals surface area contributed by atoms with Crippen LogP contribution >= 0.6 is 23.2 Å². The summed E-state index contributed by atoms with van der Waals surface area (Å²) in [4.78, 5) is 26.5. The standard InChI is InChI=1S/C15H18Cl2N2O2/c1-4-12-15(21)19(13(8(2)3)14(20)18-12)11-6-9(16)5-10(17)7-11/h5-8,12-13H,4H2,1-3H3,(H,18,20). The Labute approximate surface area is 134 Å². The van der Waals surface area contributed by atoms with E-state index in [4.69, 9.17) is 23.2 Å². The molecule has 1 saturated heterocycles. The van der Waals surface area contributed by atoms with E-state index in [0.717, 1.165) is 0 Å². The van der Waals surface area contributed by atoms with Crippen LogP contribution in [0.5, 0.6) is 0 Å². The summed E-state index contributed by atoms with van der Waals surface area (Å²) in [6.45, 7) is 5.67. The van der Waals surface area contributed by atoms with Gasteiger partial charge in [0, 0.05) is 15.7 Å². The Bertz CT molecular complexity index is 555. The number of hydrogen-bond acceptors (Lipinski definition) is 2. The monoisotopic (exact) mass is 328 g/mol. The van der Waals surface area contributed by atoms with Crippen molar-refractivity contribution >= 4 is 40.7 Å². The average Bonchev–Trinajstić information content (AvgIpc) is 2.38. The zero-order valence-corrected chi connectivity index (χ0v) is 13.7. The molecule has 1 aliphatic rings. The summed E-state index contributed by atoms with van der Waals surface area (Å²) in [5, 5.41) is 3.65. The number of benzene rings is 1. The van der Waals surface area contributed by atoms with Gasteiger partial charge in [0.1, 0.15) is 12.1 Å². The lowest BCUT2D eigenvalue weighted by Gasteiger charge is -2.40. The molecule has 21 heavy (non-hydrogen) atoms. The Kier molecular flexibility index (Phi) is 4.79. The number of piperazine rings is 1. The van der Waals surface area contributed by atoms with E-state index in [9.17, 15) is 9.59 Å². The average molecular weight is 329 g/mol. The molecule has 0 bridgehead atoms. The summed E-state index contributed by atoms with van der Waals surface area (Å²) in [5.41, 5.74) is 0.560. The van der Waals surface area contributed by atoms with Crippen molar-refractivity contribution in [3.8, 4) is 0 Å². The van der Waals surface area contributed by atoms with Crippen molar-refractivity contribution < 1.29 is 9.59 Å². The Balaban J connectivity index is 2.52. The minimum Gasteiger partial charge on any atom is -0.342 e. The van der Waals surface area contributed by atoms with Crippen molar-refractivity contribution in [1.29, 1.82) is 0 Å². The van der Waals surface area contributed by atoms with Crippen molar-refractivity contribution in [2.45, 2.75) is 39.3 Å². The molecule has 1 aliphatic heterocycles. The van der Waals surface area contributed by atoms with Crippen molar-refractivity contribution in [2.24, 2.45) is 5.92 Å². The van der Waals surface area contributed by atoms with E-state index in [1.54, 1.807) is 18.2 Å². The summed E-state index contributed by atoms with van der Waals surface area (Å²) in [5.74, 6) is -0.300. The fourth-order valence-corrected chi connectivity index (χ4v) is 3.10. The van der Waals surface area contributed by atoms with E-state index in [1.807, 2.05) is 20.8 Å². The third-order valence-electron chi connectivity index (χ3n) is 3.56. The first-order valence-electron chi connectivity index (χ1n) is 6.94. The highest BCUT2D eigenvalue weighted by Gasteiger charge is 2.42. The summed E-state index contributed by atoms with van der Waals surface area (Å²) in [6, 6.07) is 3.85. The predicted molar refractivity (Wildman–Crippen MR) is 84.8 cm³/mol. The largest absolute Gasteiger partial charge is 0.342 e. The molecule has 6 heteroatoms. The van der Waals surface area contributed by atoms with Crippen LogP contribution in [0, 0.1) is 5.92 Å². The Morgan fingerprint density at radius 3 is 2.24 bits per heavy atom. The minimum atomic E-state index is -0.560. The molecule has 1 heterocycles. The van der Waals surface area contributed by atoms with Gasteiger partial charge in [-0.15, -0.1) is 0 Å². The Morgan fingerprint density at radius 1 is 1.19 bits per heavy atom. The van der Waals surface area contributed by atoms with Gasteiger partial charge in [-0.05, 0) is 30.5 Å². The maximum absolute atomic E-state index is 12.7. The first-order chi connectivity index (χ1) is 9.85. The fourth-order valence-electron chi connectivity index (χ4n) is 2.58. The van der Waals surface area contributed by atoms with Crippen LogP contribution in [0.3, 0.4) is 0 Å². The number of nitrogens with zero attached hydrogens (tertiary/aromatic N) is 1. The van der Waals surface area contributed by atoms with Gasteiger partial charge in [0.15, 0.2) is 0 Å². The van der Waals surface area contributed by atoms with Gasteiger partial charge in [-0.25, -0.2) is 0 Å². The fraction of sp³-hybridized carbons (Fsp3) is 0.467. The molecule has 1 aromatic rings. The number of rotatable bonds is 3. The molecule has 114 valence electrons. The number of carbonyl (C=O) groups is 2. The highest BCUT2D eigenvalue weighted by molar-refractivity contribution is 6.35. The lowest BCUT2D eigenvalue weighted by atomic mass is 9.95. The van der Waals surface area contributed by atoms with Gasteiger partial charge in [-0.2, -0.15) is 0 Å². The summed E-state index contributed by atoms with van der Waals surface area (Å²) in [7, 11) is 0. The van der Waals surface area contributed by atoms with Crippen LogP contribution in [0.1, 0.15) is 27.2 Å². The Hall–Kier alpha value is -1.26. The number of halogens is 2. The van der Waals surface area contributed by atoms with Gasteiger partial charge in [0.05, 0.1) is 0 Å². The van der Waals surface area contributed by atoms with Crippen molar-refractivity contribution in [3.63, 3.8) is 0 Å². The second-order valence-corrected chi connectivity index (χ2v) is 6.37. The first-order valence-corrected chi connectivity index (χ1v) is 7.70. The highest BCUT2D eigenvalue weighted by atomic mass is 35.5. The van der Waals surface area contributed by atoms with Gasteiger partial charge >= 0.3 is 0 Å². The zero-order chi connectivity index (χ0) is 15.7. The molecule has 4 nitrogen and oxygen atoms in total. The van der Waals surface area contributed by atoms with Gasteiger partial charge in [0.25, 0.3) is 0 Å². The van der Waals surface area contributed by atoms with Crippen LogP contribution in [0.4, 0.5) is 5.69 Å². The van der Waals surface area contributed by atoms with Gasteiger partial charge in [0.2, 0.25) is 11.8 Å². The molecule has 0 spiro atoms. The van der Waals surface area contributed by atoms with E-state index in [0.29, 0.717) is 22.2 Å². The lowest BCUT2D eigenvalue weighted by molar-refractivity contribution is -0.134. The smallest absolute Gasteiger partial charge is 0.250 e. The maximum Gasteiger partial charge on any atom is 0.250 e. The molecule has 0 radical (unpaired) electrons. The number of anilines is 1. The van der Waals surface area contributed by atoms with E-state index >= 15 is 0 Å². The molecule has 0 saturated carbocycles. The molecule has 2 unspecified atom stereocenters. The number of carbonyl (C=O) groups excluding carboxylic acids is 2. The zero-order valence-electron chi connectivity index (χ0n) is 12.2. The summed E-state index contributed by atoms with van der Waals surface area (Å²) >= 11 is 12.1. The van der Waals surface area contributed by atoms with Crippen LogP contribution in [0.15, 0.2) is 18.2 Å². The highest BCUT2D eigenvalue weighted by Crippen LogP contribution is 2.31. The second-order valence-electron chi connectivity index (χ2n) is 5.49. The normalized spacial score (nSPS) is 22.7. The van der Waals surface area contributed by atoms with Gasteiger partial charge in [-0.3, -0.25) is 14.5 Å². The van der Waals surface area contributed by atoms with Crippen LogP contribution < -0.4 is 10.2 Å². The quantitative estimate of drug-likeness (QED) is 0.925. The van der Waals surface area contributed by atoms with Crippen LogP contribution in [0.2, 0.25) is 10.0 Å². The van der Waals surface area contributed by atoms with Crippen LogP contribution in [0.25, 0.3) is 0 Å². The Morgan fingerprint density at radius 2 is 1.76 bits per heavy atom. The number of hydrogen-bond donors (Lipinski definition) is 1. The van der Waals surface area contributed by atoms with E-state index in [1.165, 1.54) is 4.90 Å². The lowest BCUT2D eigenvalue weighted by Crippen LogP contribution is -2.65. The summed E-state index contributed by atoms with van der Waals surface area (Å²) in [6.07, 6.45) is 0.542. The molecule has 2 atom stereocenters. The van der Waals surface area contributed by atoms with E-state index in [2.05, 4.69) is 5.32 Å². The first kappa shape index (κ1) is 16.1. The molecular weight excluding hydrogens is 311 g/mol. The van der Waals surface area contributed by atoms with Gasteiger partial charge in [-0.1, -0.05) is 44.0 Å². The molecule has 2 rings (SSSR count). The van der Waals surface area contributed by atoms with Crippen LogP contribution in [-0.4, -0.2) is 23.9 Å². The molecule has 1 fully saturated rings. The molecular formula is C15H18Cl2N2O2. The maximum atomic E-state index is 12.7. The number of nitrogens with one attached hydrogen (secondary N) is 1. The third kappa shape index (κ3) is 3.16. The third-order valence-corrected chi connectivity index (χ3v) is 4.00. The molecule has 0 aromatic heterocycles. The van der Waals surface area contributed by atoms with Crippen LogP contribution in [-0.2, 0) is 9.59 Å². The van der Waals surface area contributed by atoms with Gasteiger partial charge < -0.3 is 5.32 Å². The molecule has 1 N–H and O–H groups in total. The van der Waals surface area contributed by atoms with E-state index in [-0.39, 0.29) is 17.7 Å². The van der Waals surface area contributed by atoms with Crippen molar-refractivity contribution in [2.75, 3.05) is 4.90 Å². The predicted octanol–water partition coefficient (Wildman–Crippen LogP) is 3.26. The van der Waals surface area contributed by atoms with Crippen molar-refractivity contribution in [1.82, 2.24) is 5.32 Å². The second kappa shape index (κ2) is 6.24.